The molecular weight excluding hydrogens is 439 g/mol. The Bertz CT molecular complexity index is 696. The number of benzene rings is 1. The summed E-state index contributed by atoms with van der Waals surface area (Å²) in [5, 5.41) is 20.8. The van der Waals surface area contributed by atoms with Crippen molar-refractivity contribution in [1.29, 1.82) is 0 Å². The number of carbonyl (C=O) groups is 2. The minimum absolute atomic E-state index is 0.370. The summed E-state index contributed by atoms with van der Waals surface area (Å²) in [6, 6.07) is 5.39. The summed E-state index contributed by atoms with van der Waals surface area (Å²) >= 11 is 12.0. The summed E-state index contributed by atoms with van der Waals surface area (Å²) in [4.78, 5) is 24.3. The van der Waals surface area contributed by atoms with E-state index >= 15 is 0 Å². The summed E-state index contributed by atoms with van der Waals surface area (Å²) < 4.78 is 10.4. The molecule has 1 aromatic carbocycles. The van der Waals surface area contributed by atoms with E-state index in [0.29, 0.717) is 61.6 Å². The lowest BCUT2D eigenvalue weighted by Crippen LogP contribution is -2.10. The van der Waals surface area contributed by atoms with Gasteiger partial charge >= 0.3 is 11.9 Å². The fraction of sp³-hybridized carbons (Fsp3) is 0.421. The predicted octanol–water partition coefficient (Wildman–Crippen LogP) is 2.83. The van der Waals surface area contributed by atoms with Gasteiger partial charge in [0.15, 0.2) is 0 Å². The number of nitrogens with zero attached hydrogens (tertiary/aromatic N) is 1. The van der Waals surface area contributed by atoms with Crippen LogP contribution in [0.1, 0.15) is 18.4 Å². The van der Waals surface area contributed by atoms with Gasteiger partial charge < -0.3 is 30.3 Å². The van der Waals surface area contributed by atoms with Crippen LogP contribution in [0, 0.1) is 0 Å². The Morgan fingerprint density at radius 1 is 1.07 bits per heavy atom. The van der Waals surface area contributed by atoms with Gasteiger partial charge in [-0.05, 0) is 25.0 Å². The van der Waals surface area contributed by atoms with Gasteiger partial charge in [-0.1, -0.05) is 34.4 Å². The third kappa shape index (κ3) is 14.8. The summed E-state index contributed by atoms with van der Waals surface area (Å²) in [5.41, 5.74) is 7.07. The van der Waals surface area contributed by atoms with E-state index in [-0.39, 0.29) is 0 Å². The standard InChI is InChI=1S/C15H22Cl2N2O3.C4H4O4/c1-20-9-10-21-7-2-3-15(19-22-8-6-18)12-4-5-13(16)14(17)11-12;5-3(6)1-2-4(7)8/h4-5,11H,2-3,6-10,18H2,1H3;1-2H,(H,5,6)(H,7,8). The average molecular weight is 465 g/mol. The average Bonchev–Trinajstić information content (AvgIpc) is 2.70. The van der Waals surface area contributed by atoms with E-state index in [9.17, 15) is 9.59 Å². The quantitative estimate of drug-likeness (QED) is 0.175. The fourth-order valence-electron chi connectivity index (χ4n) is 1.82. The van der Waals surface area contributed by atoms with Crippen LogP contribution in [-0.2, 0) is 23.9 Å². The highest BCUT2D eigenvalue weighted by atomic mass is 35.5. The highest BCUT2D eigenvalue weighted by Gasteiger charge is 2.08. The summed E-state index contributed by atoms with van der Waals surface area (Å²) in [6.07, 6.45) is 2.63. The molecule has 0 aromatic heterocycles. The maximum absolute atomic E-state index is 9.55. The monoisotopic (exact) mass is 464 g/mol. The van der Waals surface area contributed by atoms with E-state index in [1.165, 1.54) is 0 Å². The van der Waals surface area contributed by atoms with Crippen molar-refractivity contribution >= 4 is 40.9 Å². The summed E-state index contributed by atoms with van der Waals surface area (Å²) in [7, 11) is 1.65. The molecular formula is C19H26Cl2N2O7. The molecule has 0 aliphatic rings. The van der Waals surface area contributed by atoms with Gasteiger partial charge in [-0.25, -0.2) is 9.59 Å². The number of ether oxygens (including phenoxy) is 2. The minimum atomic E-state index is -1.26. The molecule has 1 aromatic rings. The lowest BCUT2D eigenvalue weighted by atomic mass is 10.1. The first-order valence-corrected chi connectivity index (χ1v) is 9.62. The van der Waals surface area contributed by atoms with Gasteiger partial charge in [0.2, 0.25) is 0 Å². The number of carboxylic acid groups (broad SMARTS) is 2. The number of oxime groups is 1. The molecule has 0 spiro atoms. The molecule has 30 heavy (non-hydrogen) atoms. The van der Waals surface area contributed by atoms with Crippen LogP contribution >= 0.6 is 23.2 Å². The molecule has 1 rings (SSSR count). The molecule has 0 saturated carbocycles. The van der Waals surface area contributed by atoms with E-state index < -0.39 is 11.9 Å². The Kier molecular flexibility index (Phi) is 16.4. The van der Waals surface area contributed by atoms with E-state index in [4.69, 9.17) is 53.5 Å². The zero-order valence-electron chi connectivity index (χ0n) is 16.6. The molecule has 0 unspecified atom stereocenters. The normalized spacial score (nSPS) is 11.1. The van der Waals surface area contributed by atoms with Crippen molar-refractivity contribution in [3.63, 3.8) is 0 Å². The molecule has 168 valence electrons. The van der Waals surface area contributed by atoms with E-state index in [1.807, 2.05) is 6.07 Å². The van der Waals surface area contributed by atoms with Gasteiger partial charge in [0.25, 0.3) is 0 Å². The summed E-state index contributed by atoms with van der Waals surface area (Å²) in [6.45, 7) is 2.58. The van der Waals surface area contributed by atoms with Crippen molar-refractivity contribution in [1.82, 2.24) is 0 Å². The summed E-state index contributed by atoms with van der Waals surface area (Å²) in [5.74, 6) is -2.51. The third-order valence-electron chi connectivity index (χ3n) is 3.14. The van der Waals surface area contributed by atoms with Crippen molar-refractivity contribution in [2.75, 3.05) is 40.1 Å². The Balaban J connectivity index is 0.000000890. The molecule has 0 amide bonds. The Morgan fingerprint density at radius 3 is 2.27 bits per heavy atom. The number of hydrogen-bond acceptors (Lipinski definition) is 7. The second-order valence-electron chi connectivity index (χ2n) is 5.51. The number of aliphatic carboxylic acids is 2. The molecule has 0 saturated heterocycles. The molecule has 0 aliphatic carbocycles. The molecule has 0 atom stereocenters. The van der Waals surface area contributed by atoms with Gasteiger partial charge in [0.05, 0.1) is 29.0 Å². The van der Waals surface area contributed by atoms with Crippen LogP contribution < -0.4 is 5.73 Å². The van der Waals surface area contributed by atoms with Crippen LogP contribution in [0.4, 0.5) is 0 Å². The molecule has 0 bridgehead atoms. The van der Waals surface area contributed by atoms with Crippen molar-refractivity contribution in [3.8, 4) is 0 Å². The van der Waals surface area contributed by atoms with Crippen LogP contribution in [0.15, 0.2) is 35.5 Å². The third-order valence-corrected chi connectivity index (χ3v) is 3.88. The molecule has 0 heterocycles. The maximum Gasteiger partial charge on any atom is 0.328 e. The highest BCUT2D eigenvalue weighted by Crippen LogP contribution is 2.23. The van der Waals surface area contributed by atoms with Gasteiger partial charge in [-0.3, -0.25) is 0 Å². The van der Waals surface area contributed by atoms with Crippen molar-refractivity contribution in [2.24, 2.45) is 10.9 Å². The van der Waals surface area contributed by atoms with Gasteiger partial charge in [-0.2, -0.15) is 0 Å². The van der Waals surface area contributed by atoms with Crippen LogP contribution in [0.2, 0.25) is 10.0 Å². The topological polar surface area (TPSA) is 141 Å². The lowest BCUT2D eigenvalue weighted by Gasteiger charge is -2.09. The van der Waals surface area contributed by atoms with E-state index in [1.54, 1.807) is 19.2 Å². The molecule has 0 fully saturated rings. The predicted molar refractivity (Wildman–Crippen MR) is 114 cm³/mol. The molecule has 0 radical (unpaired) electrons. The molecule has 11 heteroatoms. The first-order chi connectivity index (χ1) is 14.3. The van der Waals surface area contributed by atoms with Crippen LogP contribution in [0.5, 0.6) is 0 Å². The zero-order chi connectivity index (χ0) is 22.8. The van der Waals surface area contributed by atoms with Gasteiger partial charge in [-0.15, -0.1) is 0 Å². The zero-order valence-corrected chi connectivity index (χ0v) is 18.1. The molecule has 4 N–H and O–H groups in total. The molecule has 9 nitrogen and oxygen atoms in total. The number of rotatable bonds is 13. The number of hydrogen-bond donors (Lipinski definition) is 3. The van der Waals surface area contributed by atoms with Crippen molar-refractivity contribution in [3.05, 3.63) is 46.0 Å². The number of carboxylic acids is 2. The van der Waals surface area contributed by atoms with Crippen molar-refractivity contribution in [2.45, 2.75) is 12.8 Å². The Labute approximate surface area is 185 Å². The number of methoxy groups -OCH3 is 1. The number of halogens is 2. The van der Waals surface area contributed by atoms with Crippen molar-refractivity contribution < 1.29 is 34.1 Å². The van der Waals surface area contributed by atoms with E-state index in [2.05, 4.69) is 5.16 Å². The number of nitrogens with two attached hydrogens (primary N) is 1. The Morgan fingerprint density at radius 2 is 1.73 bits per heavy atom. The molecule has 0 aliphatic heterocycles. The van der Waals surface area contributed by atoms with Gasteiger partial charge in [0.1, 0.15) is 6.61 Å². The largest absolute Gasteiger partial charge is 0.478 e. The maximum atomic E-state index is 9.55. The van der Waals surface area contributed by atoms with E-state index in [0.717, 1.165) is 17.7 Å². The lowest BCUT2D eigenvalue weighted by molar-refractivity contribution is -0.134. The minimum Gasteiger partial charge on any atom is -0.478 e. The fourth-order valence-corrected chi connectivity index (χ4v) is 2.12. The van der Waals surface area contributed by atoms with Crippen LogP contribution in [0.25, 0.3) is 0 Å². The SMILES string of the molecule is COCCOCCCC(=NOCCN)c1ccc(Cl)c(Cl)c1.O=C(O)C=CC(=O)O. The van der Waals surface area contributed by atoms with Crippen LogP contribution in [-0.4, -0.2) is 67.9 Å². The second kappa shape index (κ2) is 17.7. The second-order valence-corrected chi connectivity index (χ2v) is 6.32. The first-order valence-electron chi connectivity index (χ1n) is 8.86. The highest BCUT2D eigenvalue weighted by molar-refractivity contribution is 6.42. The first kappa shape index (κ1) is 27.8. The van der Waals surface area contributed by atoms with Crippen LogP contribution in [0.3, 0.4) is 0 Å². The van der Waals surface area contributed by atoms with Gasteiger partial charge in [0, 0.05) is 38.0 Å². The Hall–Kier alpha value is -2.17. The smallest absolute Gasteiger partial charge is 0.328 e.